The lowest BCUT2D eigenvalue weighted by atomic mass is 9.49. The summed E-state index contributed by atoms with van der Waals surface area (Å²) in [6.45, 7) is 13.6. The van der Waals surface area contributed by atoms with E-state index in [-0.39, 0.29) is 53.2 Å². The average Bonchev–Trinajstić information content (AvgIpc) is 3.18. The Labute approximate surface area is 392 Å². The molecule has 4 bridgehead atoms. The van der Waals surface area contributed by atoms with Crippen LogP contribution in [-0.4, -0.2) is 87.9 Å². The van der Waals surface area contributed by atoms with E-state index in [4.69, 9.17) is 0 Å². The Morgan fingerprint density at radius 1 is 0.523 bits per heavy atom. The third-order valence-corrected chi connectivity index (χ3v) is 13.9. The van der Waals surface area contributed by atoms with Gasteiger partial charge >= 0.3 is 0 Å². The number of hydrogen-bond acceptors (Lipinski definition) is 8. The van der Waals surface area contributed by atoms with Crippen molar-refractivity contribution in [1.29, 1.82) is 0 Å². The van der Waals surface area contributed by atoms with Gasteiger partial charge in [0.2, 0.25) is 35.4 Å². The molecule has 0 aromatic carbocycles. The molecule has 4 saturated carbocycles. The van der Waals surface area contributed by atoms with E-state index >= 15 is 0 Å². The number of amides is 6. The molecular weight excluding hydrogens is 845 g/mol. The second-order valence-corrected chi connectivity index (χ2v) is 23.4. The summed E-state index contributed by atoms with van der Waals surface area (Å²) in [6.07, 6.45) is 20.7. The first kappa shape index (κ1) is 55.8. The minimum Gasteiger partial charge on any atom is -0.356 e. The largest absolute Gasteiger partial charge is 0.356 e. The lowest BCUT2D eigenvalue weighted by molar-refractivity contribution is -0.132. The van der Waals surface area contributed by atoms with Crippen molar-refractivity contribution < 1.29 is 37.2 Å². The lowest BCUT2D eigenvalue weighted by Crippen LogP contribution is -2.55. The van der Waals surface area contributed by atoms with Crippen LogP contribution in [0.4, 0.5) is 0 Å². The zero-order valence-electron chi connectivity index (χ0n) is 41.2. The Morgan fingerprint density at radius 2 is 0.923 bits per heavy atom. The molecule has 0 aliphatic heterocycles. The molecule has 0 unspecified atom stereocenters. The molecule has 0 spiro atoms. The summed E-state index contributed by atoms with van der Waals surface area (Å²) in [5.74, 6) is 2.10. The summed E-state index contributed by atoms with van der Waals surface area (Å²) in [4.78, 5) is 77.3. The lowest BCUT2D eigenvalue weighted by Gasteiger charge is -2.56. The van der Waals surface area contributed by atoms with Gasteiger partial charge in [-0.2, -0.15) is 0 Å². The van der Waals surface area contributed by atoms with Gasteiger partial charge < -0.3 is 31.9 Å². The van der Waals surface area contributed by atoms with Crippen molar-refractivity contribution in [3.63, 3.8) is 0 Å². The Kier molecular flexibility index (Phi) is 24.6. The average molecular weight is 933 g/mol. The van der Waals surface area contributed by atoms with E-state index in [9.17, 15) is 37.2 Å². The van der Waals surface area contributed by atoms with Gasteiger partial charge in [-0.05, 0) is 137 Å². The monoisotopic (exact) mass is 933 g/mol. The van der Waals surface area contributed by atoms with Crippen LogP contribution in [0.15, 0.2) is 11.5 Å². The predicted octanol–water partition coefficient (Wildman–Crippen LogP) is 6.77. The molecule has 15 heteroatoms. The van der Waals surface area contributed by atoms with Crippen LogP contribution in [0.2, 0.25) is 0 Å². The van der Waals surface area contributed by atoms with Gasteiger partial charge in [0.05, 0.1) is 0 Å². The predicted molar refractivity (Wildman–Crippen MR) is 258 cm³/mol. The van der Waals surface area contributed by atoms with Crippen molar-refractivity contribution in [2.75, 3.05) is 25.9 Å². The Bertz CT molecular complexity index is 1630. The fourth-order valence-corrected chi connectivity index (χ4v) is 11.2. The van der Waals surface area contributed by atoms with Crippen molar-refractivity contribution >= 4 is 45.3 Å². The normalized spacial score (nSPS) is 21.6. The van der Waals surface area contributed by atoms with Crippen LogP contribution in [0.3, 0.4) is 0 Å². The number of sulfone groups is 1. The molecule has 4 aliphatic rings. The highest BCUT2D eigenvalue weighted by molar-refractivity contribution is 7.93. The summed E-state index contributed by atoms with van der Waals surface area (Å²) < 4.78 is 23.5. The van der Waals surface area contributed by atoms with Gasteiger partial charge in [0.15, 0.2) is 9.84 Å². The van der Waals surface area contributed by atoms with E-state index < -0.39 is 39.8 Å². The van der Waals surface area contributed by atoms with Crippen LogP contribution in [0, 0.1) is 40.9 Å². The van der Waals surface area contributed by atoms with Crippen LogP contribution >= 0.6 is 0 Å². The molecule has 3 atom stereocenters. The van der Waals surface area contributed by atoms with Crippen molar-refractivity contribution in [1.82, 2.24) is 31.9 Å². The van der Waals surface area contributed by atoms with Crippen molar-refractivity contribution in [2.24, 2.45) is 40.9 Å². The van der Waals surface area contributed by atoms with Gasteiger partial charge in [-0.15, -0.1) is 0 Å². The minimum absolute atomic E-state index is 0.0106. The molecule has 6 amide bonds. The molecule has 0 heterocycles. The summed E-state index contributed by atoms with van der Waals surface area (Å²) in [5.41, 5.74) is 0.272. The van der Waals surface area contributed by atoms with E-state index in [2.05, 4.69) is 31.9 Å². The Morgan fingerprint density at radius 3 is 1.35 bits per heavy atom. The molecule has 4 aliphatic carbocycles. The molecule has 6 N–H and O–H groups in total. The second kappa shape index (κ2) is 28.6. The molecule has 4 fully saturated rings. The maximum Gasteiger partial charge on any atom is 0.243 e. The highest BCUT2D eigenvalue weighted by Crippen LogP contribution is 2.61. The van der Waals surface area contributed by atoms with Crippen molar-refractivity contribution in [3.8, 4) is 0 Å². The number of carbonyl (C=O) groups is 6. The van der Waals surface area contributed by atoms with Crippen LogP contribution in [0.1, 0.15) is 183 Å². The number of nitrogens with one attached hydrogen (secondary N) is 6. The highest BCUT2D eigenvalue weighted by atomic mass is 32.2. The third-order valence-electron chi connectivity index (χ3n) is 13.2. The van der Waals surface area contributed by atoms with E-state index in [1.807, 2.05) is 41.5 Å². The van der Waals surface area contributed by atoms with Crippen LogP contribution < -0.4 is 31.9 Å². The third kappa shape index (κ3) is 23.7. The second-order valence-electron chi connectivity index (χ2n) is 21.4. The molecule has 0 saturated heterocycles. The molecule has 0 aromatic rings. The first-order valence-electron chi connectivity index (χ1n) is 25.3. The standard InChI is InChI=1S/C50H88N6O8S/c1-35(2)25-41(20-24-65(7,63)64)54-48(61)43(27-37(5)6)56-49(62)42(26-36(3)4)55-46(59)19-13-10-15-22-52-44(57)17-11-8-14-21-51-45(58)18-12-9-16-23-53-47(60)34-50-31-38-28-39(32-50)30-40(29-38)33-50/h20,24,35-43H,8-19,21-23,25-34H2,1-7H3,(H,51,58)(H,52,57)(H,53,60)(H,54,61)(H,55,59)(H,56,62)/b24-20+/t38?,39?,40?,41-,42+,43+,50?/m1/s1. The molecule has 14 nitrogen and oxygen atoms in total. The molecule has 0 radical (unpaired) electrons. The van der Waals surface area contributed by atoms with Crippen LogP contribution in [-0.2, 0) is 38.6 Å². The highest BCUT2D eigenvalue weighted by Gasteiger charge is 2.51. The summed E-state index contributed by atoms with van der Waals surface area (Å²) in [6, 6.07) is -2.21. The summed E-state index contributed by atoms with van der Waals surface area (Å²) >= 11 is 0. The zero-order chi connectivity index (χ0) is 48.0. The first-order valence-corrected chi connectivity index (χ1v) is 27.2. The van der Waals surface area contributed by atoms with E-state index in [1.165, 1.54) is 44.6 Å². The molecule has 372 valence electrons. The Balaban J connectivity index is 1.20. The first-order chi connectivity index (χ1) is 30.7. The van der Waals surface area contributed by atoms with Gasteiger partial charge in [-0.25, -0.2) is 8.42 Å². The SMILES string of the molecule is CC(C)C[C@@H](/C=C/S(C)(=O)=O)NC(=O)[C@H](CC(C)C)NC(=O)[C@H](CC(C)C)NC(=O)CCCCCNC(=O)CCCCCNC(=O)CCCCCNC(=O)CC12CC3CC(CC(C3)C1)C2. The zero-order valence-corrected chi connectivity index (χ0v) is 42.0. The van der Waals surface area contributed by atoms with E-state index in [0.717, 1.165) is 80.8 Å². The van der Waals surface area contributed by atoms with Gasteiger partial charge in [0.25, 0.3) is 0 Å². The van der Waals surface area contributed by atoms with Crippen LogP contribution in [0.25, 0.3) is 0 Å². The Hall–Kier alpha value is -3.49. The quantitative estimate of drug-likeness (QED) is 0.0386. The molecule has 0 aromatic heterocycles. The van der Waals surface area contributed by atoms with Crippen molar-refractivity contribution in [3.05, 3.63) is 11.5 Å². The fraction of sp³-hybridized carbons (Fsp3) is 0.840. The van der Waals surface area contributed by atoms with Crippen molar-refractivity contribution in [2.45, 2.75) is 201 Å². The maximum atomic E-state index is 13.5. The molecular formula is C50H88N6O8S. The fourth-order valence-electron chi connectivity index (χ4n) is 10.7. The smallest absolute Gasteiger partial charge is 0.243 e. The summed E-state index contributed by atoms with van der Waals surface area (Å²) in [7, 11) is -3.39. The number of carbonyl (C=O) groups excluding carboxylic acids is 6. The van der Waals surface area contributed by atoms with E-state index in [0.29, 0.717) is 64.6 Å². The van der Waals surface area contributed by atoms with E-state index in [1.54, 1.807) is 0 Å². The molecule has 4 rings (SSSR count). The number of rotatable bonds is 33. The topological polar surface area (TPSA) is 209 Å². The number of hydrogen-bond donors (Lipinski definition) is 6. The summed E-state index contributed by atoms with van der Waals surface area (Å²) in [5, 5.41) is 18.8. The van der Waals surface area contributed by atoms with Gasteiger partial charge in [0.1, 0.15) is 12.1 Å². The minimum atomic E-state index is -3.39. The maximum absolute atomic E-state index is 13.5. The van der Waals surface area contributed by atoms with Gasteiger partial charge in [0, 0.05) is 63.0 Å². The molecule has 65 heavy (non-hydrogen) atoms. The van der Waals surface area contributed by atoms with Crippen LogP contribution in [0.5, 0.6) is 0 Å². The van der Waals surface area contributed by atoms with Gasteiger partial charge in [-0.1, -0.05) is 66.9 Å². The number of unbranched alkanes of at least 4 members (excludes halogenated alkanes) is 6. The van der Waals surface area contributed by atoms with Gasteiger partial charge in [-0.3, -0.25) is 28.8 Å².